The first kappa shape index (κ1) is 20.1. The highest BCUT2D eigenvalue weighted by atomic mass is 14.5. The van der Waals surface area contributed by atoms with Gasteiger partial charge in [0, 0.05) is 12.0 Å². The Balaban J connectivity index is 1.86. The van der Waals surface area contributed by atoms with E-state index in [1.54, 1.807) is 0 Å². The predicted octanol–water partition coefficient (Wildman–Crippen LogP) is 6.42. The molecule has 1 heteroatoms. The van der Waals surface area contributed by atoms with Crippen molar-refractivity contribution in [2.24, 2.45) is 5.73 Å². The molecule has 0 aliphatic rings. The second-order valence-corrected chi connectivity index (χ2v) is 8.03. The fourth-order valence-electron chi connectivity index (χ4n) is 4.46. The summed E-state index contributed by atoms with van der Waals surface area (Å²) in [6.07, 6.45) is 1.96. The molecule has 0 aliphatic heterocycles. The van der Waals surface area contributed by atoms with Gasteiger partial charge in [0.2, 0.25) is 0 Å². The smallest absolute Gasteiger partial charge is 0.0454 e. The molecule has 0 amide bonds. The quantitative estimate of drug-likeness (QED) is 0.361. The Morgan fingerprint density at radius 2 is 1.13 bits per heavy atom. The van der Waals surface area contributed by atoms with Crippen molar-refractivity contribution in [3.05, 3.63) is 143 Å². The molecule has 0 fully saturated rings. The molecule has 0 aromatic heterocycles. The molecule has 1 nitrogen and oxygen atoms in total. The molecule has 0 aliphatic carbocycles. The zero-order valence-electron chi connectivity index (χ0n) is 17.6. The fraction of sp³-hybridized carbons (Fsp3) is 0.172. The molecule has 0 atom stereocenters. The summed E-state index contributed by atoms with van der Waals surface area (Å²) in [5.41, 5.74) is 13.5. The van der Waals surface area contributed by atoms with E-state index in [0.717, 1.165) is 12.8 Å². The molecule has 4 aromatic carbocycles. The third-order valence-corrected chi connectivity index (χ3v) is 6.09. The molecule has 30 heavy (non-hydrogen) atoms. The number of rotatable bonds is 7. The first-order valence-electron chi connectivity index (χ1n) is 10.7. The molecule has 0 bridgehead atoms. The number of nitrogens with two attached hydrogens (primary N) is 1. The molecule has 0 saturated heterocycles. The Morgan fingerprint density at radius 1 is 0.600 bits per heavy atom. The van der Waals surface area contributed by atoms with Crippen molar-refractivity contribution in [2.45, 2.75) is 31.7 Å². The normalized spacial score (nSPS) is 11.4. The molecule has 150 valence electrons. The van der Waals surface area contributed by atoms with E-state index in [9.17, 15) is 0 Å². The Kier molecular flexibility index (Phi) is 6.11. The fourth-order valence-corrected chi connectivity index (χ4v) is 4.46. The van der Waals surface area contributed by atoms with Crippen molar-refractivity contribution < 1.29 is 0 Å². The van der Waals surface area contributed by atoms with Gasteiger partial charge in [-0.25, -0.2) is 0 Å². The first-order valence-corrected chi connectivity index (χ1v) is 10.7. The highest BCUT2D eigenvalue weighted by Crippen LogP contribution is 2.43. The average molecular weight is 392 g/mol. The maximum atomic E-state index is 5.89. The molecule has 0 heterocycles. The minimum Gasteiger partial charge on any atom is -0.326 e. The highest BCUT2D eigenvalue weighted by molar-refractivity contribution is 5.51. The minimum absolute atomic E-state index is 0.213. The largest absolute Gasteiger partial charge is 0.326 e. The van der Waals surface area contributed by atoms with Crippen LogP contribution in [0, 0.1) is 6.92 Å². The maximum absolute atomic E-state index is 5.89. The van der Waals surface area contributed by atoms with Crippen molar-refractivity contribution in [3.8, 4) is 0 Å². The summed E-state index contributed by atoms with van der Waals surface area (Å²) in [4.78, 5) is 0. The number of aryl methyl sites for hydroxylation is 2. The van der Waals surface area contributed by atoms with Gasteiger partial charge in [0.25, 0.3) is 0 Å². The van der Waals surface area contributed by atoms with Crippen molar-refractivity contribution in [1.29, 1.82) is 0 Å². The van der Waals surface area contributed by atoms with Crippen LogP contribution in [0.2, 0.25) is 0 Å². The molecule has 0 spiro atoms. The van der Waals surface area contributed by atoms with E-state index in [1.165, 1.54) is 33.4 Å². The standard InChI is InChI=1S/C29H29N/c1-23-15-17-28(18-16-23)29(26-11-4-2-5-12-26,27-13-6-3-7-14-27)20-19-24-9-8-10-25(21-24)22-30/h2-18,21H,19-20,22,30H2,1H3. The van der Waals surface area contributed by atoms with Crippen LogP contribution in [0.1, 0.15) is 39.8 Å². The van der Waals surface area contributed by atoms with E-state index in [1.807, 2.05) is 0 Å². The molecule has 0 saturated carbocycles. The van der Waals surface area contributed by atoms with Crippen molar-refractivity contribution >= 4 is 0 Å². The summed E-state index contributed by atoms with van der Waals surface area (Å²) in [6.45, 7) is 2.73. The zero-order valence-corrected chi connectivity index (χ0v) is 17.6. The Labute approximate surface area is 180 Å². The van der Waals surface area contributed by atoms with E-state index in [2.05, 4.69) is 116 Å². The summed E-state index contributed by atoms with van der Waals surface area (Å²) in [7, 11) is 0. The van der Waals surface area contributed by atoms with Gasteiger partial charge in [0.15, 0.2) is 0 Å². The average Bonchev–Trinajstić information content (AvgIpc) is 2.82. The second kappa shape index (κ2) is 9.11. The lowest BCUT2D eigenvalue weighted by atomic mass is 9.66. The third kappa shape index (κ3) is 4.08. The van der Waals surface area contributed by atoms with Crippen LogP contribution in [0.15, 0.2) is 109 Å². The van der Waals surface area contributed by atoms with E-state index < -0.39 is 0 Å². The zero-order chi connectivity index (χ0) is 20.8. The summed E-state index contributed by atoms with van der Waals surface area (Å²) in [6, 6.07) is 39.6. The van der Waals surface area contributed by atoms with Gasteiger partial charge in [-0.2, -0.15) is 0 Å². The lowest BCUT2D eigenvalue weighted by Gasteiger charge is -2.36. The van der Waals surface area contributed by atoms with Crippen molar-refractivity contribution in [3.63, 3.8) is 0 Å². The molecule has 4 rings (SSSR count). The Morgan fingerprint density at radius 3 is 1.70 bits per heavy atom. The van der Waals surface area contributed by atoms with E-state index in [0.29, 0.717) is 6.54 Å². The molecule has 0 radical (unpaired) electrons. The highest BCUT2D eigenvalue weighted by Gasteiger charge is 2.35. The van der Waals surface area contributed by atoms with Crippen LogP contribution in [0.4, 0.5) is 0 Å². The van der Waals surface area contributed by atoms with Gasteiger partial charge in [-0.3, -0.25) is 0 Å². The Bertz CT molecular complexity index is 1030. The summed E-state index contributed by atoms with van der Waals surface area (Å²) in [5.74, 6) is 0. The van der Waals surface area contributed by atoms with E-state index in [4.69, 9.17) is 5.73 Å². The monoisotopic (exact) mass is 391 g/mol. The number of benzene rings is 4. The third-order valence-electron chi connectivity index (χ3n) is 6.09. The summed E-state index contributed by atoms with van der Waals surface area (Å²) in [5, 5.41) is 0. The van der Waals surface area contributed by atoms with Gasteiger partial charge in [-0.1, -0.05) is 115 Å². The van der Waals surface area contributed by atoms with Gasteiger partial charge in [-0.05, 0) is 47.6 Å². The molecular weight excluding hydrogens is 362 g/mol. The molecule has 4 aromatic rings. The SMILES string of the molecule is Cc1ccc(C(CCc2cccc(CN)c2)(c2ccccc2)c2ccccc2)cc1. The topological polar surface area (TPSA) is 26.0 Å². The number of hydrogen-bond acceptors (Lipinski definition) is 1. The molecular formula is C29H29N. The van der Waals surface area contributed by atoms with Gasteiger partial charge in [0.05, 0.1) is 0 Å². The van der Waals surface area contributed by atoms with Crippen LogP contribution >= 0.6 is 0 Å². The second-order valence-electron chi connectivity index (χ2n) is 8.03. The van der Waals surface area contributed by atoms with Crippen LogP contribution in [-0.2, 0) is 18.4 Å². The minimum atomic E-state index is -0.213. The van der Waals surface area contributed by atoms with Crippen LogP contribution in [0.5, 0.6) is 0 Å². The Hall–Kier alpha value is -3.16. The van der Waals surface area contributed by atoms with Gasteiger partial charge in [0.1, 0.15) is 0 Å². The van der Waals surface area contributed by atoms with Crippen LogP contribution in [0.3, 0.4) is 0 Å². The maximum Gasteiger partial charge on any atom is 0.0454 e. The summed E-state index contributed by atoms with van der Waals surface area (Å²) >= 11 is 0. The van der Waals surface area contributed by atoms with Crippen LogP contribution < -0.4 is 5.73 Å². The predicted molar refractivity (Wildman–Crippen MR) is 127 cm³/mol. The lowest BCUT2D eigenvalue weighted by molar-refractivity contribution is 0.559. The van der Waals surface area contributed by atoms with E-state index in [-0.39, 0.29) is 5.41 Å². The van der Waals surface area contributed by atoms with Crippen molar-refractivity contribution in [2.75, 3.05) is 0 Å². The van der Waals surface area contributed by atoms with Gasteiger partial charge >= 0.3 is 0 Å². The molecule has 2 N–H and O–H groups in total. The summed E-state index contributed by atoms with van der Waals surface area (Å²) < 4.78 is 0. The molecule has 0 unspecified atom stereocenters. The number of hydrogen-bond donors (Lipinski definition) is 1. The van der Waals surface area contributed by atoms with Crippen LogP contribution in [0.25, 0.3) is 0 Å². The van der Waals surface area contributed by atoms with Crippen LogP contribution in [-0.4, -0.2) is 0 Å². The van der Waals surface area contributed by atoms with E-state index >= 15 is 0 Å². The van der Waals surface area contributed by atoms with Gasteiger partial charge < -0.3 is 5.73 Å². The lowest BCUT2D eigenvalue weighted by Crippen LogP contribution is -2.30. The first-order chi connectivity index (χ1) is 14.7. The van der Waals surface area contributed by atoms with Crippen molar-refractivity contribution in [1.82, 2.24) is 0 Å². The van der Waals surface area contributed by atoms with Gasteiger partial charge in [-0.15, -0.1) is 0 Å².